The predicted molar refractivity (Wildman–Crippen MR) is 71.0 cm³/mol. The molecule has 0 N–H and O–H groups in total. The number of epoxide rings is 1. The molecule has 0 saturated carbocycles. The maximum Gasteiger partial charge on any atom is 0.118 e. The lowest BCUT2D eigenvalue weighted by molar-refractivity contribution is 0.377. The Bertz CT molecular complexity index is 533. The second kappa shape index (κ2) is 4.63. The summed E-state index contributed by atoms with van der Waals surface area (Å²) in [5.41, 5.74) is 2.34. The number of rotatable bonds is 3. The van der Waals surface area contributed by atoms with Gasteiger partial charge < -0.3 is 9.47 Å². The van der Waals surface area contributed by atoms with Crippen LogP contribution in [0, 0.1) is 0 Å². The molecule has 2 nitrogen and oxygen atoms in total. The second-order valence-electron chi connectivity index (χ2n) is 4.30. The summed E-state index contributed by atoms with van der Waals surface area (Å²) in [6.45, 7) is 0. The van der Waals surface area contributed by atoms with Crippen molar-refractivity contribution in [3.05, 3.63) is 64.7 Å². The Hall–Kier alpha value is -1.51. The van der Waals surface area contributed by atoms with Gasteiger partial charge in [-0.05, 0) is 35.4 Å². The highest BCUT2D eigenvalue weighted by Gasteiger charge is 2.41. The van der Waals surface area contributed by atoms with Crippen molar-refractivity contribution >= 4 is 11.6 Å². The van der Waals surface area contributed by atoms with Gasteiger partial charge in [-0.25, -0.2) is 0 Å². The fourth-order valence-electron chi connectivity index (χ4n) is 2.07. The van der Waals surface area contributed by atoms with Gasteiger partial charge in [0.25, 0.3) is 0 Å². The topological polar surface area (TPSA) is 21.8 Å². The van der Waals surface area contributed by atoms with Gasteiger partial charge in [-0.1, -0.05) is 35.9 Å². The van der Waals surface area contributed by atoms with E-state index in [-0.39, 0.29) is 12.2 Å². The van der Waals surface area contributed by atoms with E-state index in [1.54, 1.807) is 7.11 Å². The minimum atomic E-state index is 0.149. The molecule has 1 aliphatic rings. The van der Waals surface area contributed by atoms with Crippen molar-refractivity contribution in [2.24, 2.45) is 0 Å². The Morgan fingerprint density at radius 2 is 1.39 bits per heavy atom. The van der Waals surface area contributed by atoms with Crippen molar-refractivity contribution in [2.45, 2.75) is 12.2 Å². The Labute approximate surface area is 111 Å². The zero-order valence-corrected chi connectivity index (χ0v) is 10.7. The molecule has 92 valence electrons. The smallest absolute Gasteiger partial charge is 0.118 e. The summed E-state index contributed by atoms with van der Waals surface area (Å²) in [6, 6.07) is 15.8. The van der Waals surface area contributed by atoms with Gasteiger partial charge in [-0.15, -0.1) is 0 Å². The average molecular weight is 261 g/mol. The number of hydrogen-bond acceptors (Lipinski definition) is 2. The summed E-state index contributed by atoms with van der Waals surface area (Å²) in [6.07, 6.45) is 0.299. The molecule has 0 radical (unpaired) electrons. The number of hydrogen-bond donors (Lipinski definition) is 0. The molecular weight excluding hydrogens is 248 g/mol. The van der Waals surface area contributed by atoms with Crippen LogP contribution in [-0.2, 0) is 4.74 Å². The first kappa shape index (κ1) is 11.6. The molecule has 1 aliphatic heterocycles. The molecule has 0 spiro atoms. The van der Waals surface area contributed by atoms with E-state index in [2.05, 4.69) is 0 Å². The van der Waals surface area contributed by atoms with Gasteiger partial charge in [-0.3, -0.25) is 0 Å². The van der Waals surface area contributed by atoms with Gasteiger partial charge >= 0.3 is 0 Å². The Morgan fingerprint density at radius 3 is 1.89 bits per heavy atom. The molecule has 0 aliphatic carbocycles. The summed E-state index contributed by atoms with van der Waals surface area (Å²) in [5.74, 6) is 0.863. The molecule has 0 bridgehead atoms. The summed E-state index contributed by atoms with van der Waals surface area (Å²) in [5, 5.41) is 0.750. The number of benzene rings is 2. The van der Waals surface area contributed by atoms with Gasteiger partial charge in [0.05, 0.1) is 7.11 Å². The van der Waals surface area contributed by atoms with Gasteiger partial charge in [0, 0.05) is 5.02 Å². The van der Waals surface area contributed by atoms with Crippen molar-refractivity contribution in [2.75, 3.05) is 7.11 Å². The zero-order valence-electron chi connectivity index (χ0n) is 9.97. The lowest BCUT2D eigenvalue weighted by Gasteiger charge is -2.00. The molecule has 1 heterocycles. The Kier molecular flexibility index (Phi) is 2.98. The Balaban J connectivity index is 1.74. The molecule has 0 amide bonds. The van der Waals surface area contributed by atoms with E-state index >= 15 is 0 Å². The molecular formula is C15H13ClO2. The molecule has 1 fully saturated rings. The van der Waals surface area contributed by atoms with Gasteiger partial charge in [-0.2, -0.15) is 0 Å². The van der Waals surface area contributed by atoms with Crippen LogP contribution in [0.3, 0.4) is 0 Å². The second-order valence-corrected chi connectivity index (χ2v) is 4.74. The van der Waals surface area contributed by atoms with Gasteiger partial charge in [0.1, 0.15) is 18.0 Å². The lowest BCUT2D eigenvalue weighted by Crippen LogP contribution is -1.86. The molecule has 1 saturated heterocycles. The highest BCUT2D eigenvalue weighted by molar-refractivity contribution is 6.30. The first-order chi connectivity index (χ1) is 8.78. The quantitative estimate of drug-likeness (QED) is 0.773. The molecule has 18 heavy (non-hydrogen) atoms. The largest absolute Gasteiger partial charge is 0.497 e. The average Bonchev–Trinajstić information content (AvgIpc) is 3.20. The monoisotopic (exact) mass is 260 g/mol. The summed E-state index contributed by atoms with van der Waals surface area (Å²) < 4.78 is 10.9. The zero-order chi connectivity index (χ0) is 12.5. The fraction of sp³-hybridized carbons (Fsp3) is 0.200. The maximum atomic E-state index is 5.87. The van der Waals surface area contributed by atoms with Crippen molar-refractivity contribution < 1.29 is 9.47 Å². The standard InChI is InChI=1S/C15H13ClO2/c1-17-13-8-4-11(5-9-13)15-14(18-15)10-2-6-12(16)7-3-10/h2-9,14-15H,1H3/t14-,15+/m1/s1. The molecule has 3 heteroatoms. The first-order valence-electron chi connectivity index (χ1n) is 5.83. The molecule has 2 atom stereocenters. The molecule has 0 unspecified atom stereocenters. The van der Waals surface area contributed by atoms with E-state index in [1.165, 1.54) is 11.1 Å². The third-order valence-corrected chi connectivity index (χ3v) is 3.39. The fourth-order valence-corrected chi connectivity index (χ4v) is 2.19. The van der Waals surface area contributed by atoms with Crippen LogP contribution in [-0.4, -0.2) is 7.11 Å². The van der Waals surface area contributed by atoms with Gasteiger partial charge in [0.2, 0.25) is 0 Å². The van der Waals surface area contributed by atoms with Gasteiger partial charge in [0.15, 0.2) is 0 Å². The third-order valence-electron chi connectivity index (χ3n) is 3.13. The van der Waals surface area contributed by atoms with E-state index in [1.807, 2.05) is 48.5 Å². The van der Waals surface area contributed by atoms with Crippen molar-refractivity contribution in [1.82, 2.24) is 0 Å². The highest BCUT2D eigenvalue weighted by Crippen LogP contribution is 2.51. The lowest BCUT2D eigenvalue weighted by atomic mass is 10.0. The maximum absolute atomic E-state index is 5.87. The molecule has 2 aromatic rings. The van der Waals surface area contributed by atoms with E-state index in [0.717, 1.165) is 10.8 Å². The number of methoxy groups -OCH3 is 1. The first-order valence-corrected chi connectivity index (χ1v) is 6.20. The molecule has 3 rings (SSSR count). The van der Waals surface area contributed by atoms with Crippen LogP contribution in [0.15, 0.2) is 48.5 Å². The normalized spacial score (nSPS) is 21.7. The van der Waals surface area contributed by atoms with Crippen LogP contribution in [0.25, 0.3) is 0 Å². The van der Waals surface area contributed by atoms with Crippen LogP contribution >= 0.6 is 11.6 Å². The number of ether oxygens (including phenoxy) is 2. The van der Waals surface area contributed by atoms with E-state index in [9.17, 15) is 0 Å². The predicted octanol–water partition coefficient (Wildman–Crippen LogP) is 4.16. The van der Waals surface area contributed by atoms with Crippen LogP contribution < -0.4 is 4.74 Å². The minimum Gasteiger partial charge on any atom is -0.497 e. The highest BCUT2D eigenvalue weighted by atomic mass is 35.5. The number of halogens is 1. The van der Waals surface area contributed by atoms with E-state index in [4.69, 9.17) is 21.1 Å². The molecule has 2 aromatic carbocycles. The van der Waals surface area contributed by atoms with Crippen LogP contribution in [0.4, 0.5) is 0 Å². The summed E-state index contributed by atoms with van der Waals surface area (Å²) >= 11 is 5.87. The molecule has 0 aromatic heterocycles. The van der Waals surface area contributed by atoms with Crippen molar-refractivity contribution in [1.29, 1.82) is 0 Å². The third kappa shape index (κ3) is 2.22. The Morgan fingerprint density at radius 1 is 0.889 bits per heavy atom. The van der Waals surface area contributed by atoms with E-state index in [0.29, 0.717) is 0 Å². The van der Waals surface area contributed by atoms with E-state index < -0.39 is 0 Å². The van der Waals surface area contributed by atoms with Crippen molar-refractivity contribution in [3.8, 4) is 5.75 Å². The summed E-state index contributed by atoms with van der Waals surface area (Å²) in [7, 11) is 1.67. The summed E-state index contributed by atoms with van der Waals surface area (Å²) in [4.78, 5) is 0. The van der Waals surface area contributed by atoms with Crippen LogP contribution in [0.2, 0.25) is 5.02 Å². The van der Waals surface area contributed by atoms with Crippen LogP contribution in [0.5, 0.6) is 5.75 Å². The van der Waals surface area contributed by atoms with Crippen LogP contribution in [0.1, 0.15) is 23.3 Å². The van der Waals surface area contributed by atoms with Crippen molar-refractivity contribution in [3.63, 3.8) is 0 Å². The minimum absolute atomic E-state index is 0.149. The SMILES string of the molecule is COc1ccc([C@@H]2O[C@@H]2c2ccc(Cl)cc2)cc1.